The number of rotatable bonds is 1. The standard InChI is InChI=1S/C5H6IN3O2/c1-3-4(9(10)11)5(6)7-8(3)2/h1-2H3. The number of nitrogens with zero attached hydrogens (tertiary/aromatic N) is 3. The van der Waals surface area contributed by atoms with E-state index in [1.54, 1.807) is 14.0 Å². The van der Waals surface area contributed by atoms with Crippen LogP contribution >= 0.6 is 22.6 Å². The Bertz CT molecular complexity index is 307. The Labute approximate surface area is 76.7 Å². The largest absolute Gasteiger partial charge is 0.323 e. The monoisotopic (exact) mass is 267 g/mol. The first-order valence-electron chi connectivity index (χ1n) is 2.87. The van der Waals surface area contributed by atoms with Crippen LogP contribution in [0.3, 0.4) is 0 Å². The van der Waals surface area contributed by atoms with Crippen LogP contribution in [0.15, 0.2) is 0 Å². The summed E-state index contributed by atoms with van der Waals surface area (Å²) in [5, 5.41) is 14.3. The van der Waals surface area contributed by atoms with Crippen LogP contribution in [0, 0.1) is 20.7 Å². The predicted octanol–water partition coefficient (Wildman–Crippen LogP) is 1.24. The Morgan fingerprint density at radius 1 is 1.73 bits per heavy atom. The summed E-state index contributed by atoms with van der Waals surface area (Å²) < 4.78 is 1.94. The van der Waals surface area contributed by atoms with Crippen molar-refractivity contribution in [3.63, 3.8) is 0 Å². The zero-order valence-electron chi connectivity index (χ0n) is 6.04. The Morgan fingerprint density at radius 3 is 2.45 bits per heavy atom. The summed E-state index contributed by atoms with van der Waals surface area (Å²) in [4.78, 5) is 9.99. The Hall–Kier alpha value is -0.660. The number of halogens is 1. The second-order valence-electron chi connectivity index (χ2n) is 2.11. The molecule has 0 fully saturated rings. The highest BCUT2D eigenvalue weighted by Gasteiger charge is 2.20. The van der Waals surface area contributed by atoms with Crippen LogP contribution < -0.4 is 0 Å². The van der Waals surface area contributed by atoms with Gasteiger partial charge in [0.15, 0.2) is 0 Å². The van der Waals surface area contributed by atoms with E-state index < -0.39 is 4.92 Å². The summed E-state index contributed by atoms with van der Waals surface area (Å²) >= 11 is 1.85. The van der Waals surface area contributed by atoms with Crippen molar-refractivity contribution in [2.75, 3.05) is 0 Å². The lowest BCUT2D eigenvalue weighted by atomic mass is 10.4. The molecule has 0 saturated carbocycles. The molecule has 60 valence electrons. The fraction of sp³-hybridized carbons (Fsp3) is 0.400. The van der Waals surface area contributed by atoms with E-state index in [0.717, 1.165) is 0 Å². The molecule has 0 radical (unpaired) electrons. The molecule has 5 nitrogen and oxygen atoms in total. The first-order chi connectivity index (χ1) is 5.04. The van der Waals surface area contributed by atoms with Crippen molar-refractivity contribution in [2.45, 2.75) is 6.92 Å². The lowest BCUT2D eigenvalue weighted by Gasteiger charge is -1.89. The van der Waals surface area contributed by atoms with Crippen LogP contribution in [-0.4, -0.2) is 14.7 Å². The van der Waals surface area contributed by atoms with Gasteiger partial charge < -0.3 is 0 Å². The summed E-state index contributed by atoms with van der Waals surface area (Å²) in [6.07, 6.45) is 0. The summed E-state index contributed by atoms with van der Waals surface area (Å²) in [6.45, 7) is 1.67. The molecule has 0 atom stereocenters. The Morgan fingerprint density at radius 2 is 2.27 bits per heavy atom. The van der Waals surface area contributed by atoms with Gasteiger partial charge in [0.25, 0.3) is 0 Å². The van der Waals surface area contributed by atoms with Crippen molar-refractivity contribution in [1.29, 1.82) is 0 Å². The minimum absolute atomic E-state index is 0.105. The highest BCUT2D eigenvalue weighted by molar-refractivity contribution is 14.1. The summed E-state index contributed by atoms with van der Waals surface area (Å²) in [7, 11) is 1.69. The van der Waals surface area contributed by atoms with E-state index in [1.807, 2.05) is 22.6 Å². The second kappa shape index (κ2) is 2.76. The number of nitro groups is 1. The minimum Gasteiger partial charge on any atom is -0.265 e. The van der Waals surface area contributed by atoms with Gasteiger partial charge in [-0.3, -0.25) is 14.8 Å². The highest BCUT2D eigenvalue weighted by atomic mass is 127. The van der Waals surface area contributed by atoms with Gasteiger partial charge in [-0.25, -0.2) is 0 Å². The van der Waals surface area contributed by atoms with Crippen molar-refractivity contribution in [2.24, 2.45) is 7.05 Å². The molecule has 0 aliphatic rings. The highest BCUT2D eigenvalue weighted by Crippen LogP contribution is 2.22. The molecule has 1 heterocycles. The van der Waals surface area contributed by atoms with Crippen molar-refractivity contribution >= 4 is 28.3 Å². The molecule has 1 rings (SSSR count). The van der Waals surface area contributed by atoms with Gasteiger partial charge in [0, 0.05) is 7.05 Å². The van der Waals surface area contributed by atoms with Gasteiger partial charge in [0.1, 0.15) is 5.69 Å². The van der Waals surface area contributed by atoms with Gasteiger partial charge >= 0.3 is 5.69 Å². The maximum absolute atomic E-state index is 10.4. The molecule has 1 aromatic rings. The SMILES string of the molecule is Cc1c([N+](=O)[O-])c(I)nn1C. The summed E-state index contributed by atoms with van der Waals surface area (Å²) in [5.41, 5.74) is 0.688. The zero-order chi connectivity index (χ0) is 8.59. The van der Waals surface area contributed by atoms with E-state index in [-0.39, 0.29) is 5.69 Å². The lowest BCUT2D eigenvalue weighted by molar-refractivity contribution is -0.386. The fourth-order valence-electron chi connectivity index (χ4n) is 0.764. The molecule has 0 aliphatic carbocycles. The van der Waals surface area contributed by atoms with E-state index in [0.29, 0.717) is 9.39 Å². The molecule has 11 heavy (non-hydrogen) atoms. The van der Waals surface area contributed by atoms with Gasteiger partial charge in [-0.05, 0) is 29.5 Å². The van der Waals surface area contributed by atoms with Crippen LogP contribution in [0.2, 0.25) is 0 Å². The fourth-order valence-corrected chi connectivity index (χ4v) is 1.67. The third kappa shape index (κ3) is 1.35. The molecule has 0 spiro atoms. The molecule has 1 aromatic heterocycles. The molecule has 0 unspecified atom stereocenters. The van der Waals surface area contributed by atoms with Crippen LogP contribution in [0.1, 0.15) is 5.69 Å². The number of hydrogen-bond donors (Lipinski definition) is 0. The van der Waals surface area contributed by atoms with Crippen molar-refractivity contribution in [3.05, 3.63) is 19.5 Å². The number of aryl methyl sites for hydroxylation is 1. The average molecular weight is 267 g/mol. The Balaban J connectivity index is 3.34. The smallest absolute Gasteiger partial charge is 0.265 e. The van der Waals surface area contributed by atoms with Crippen LogP contribution in [0.25, 0.3) is 0 Å². The van der Waals surface area contributed by atoms with E-state index in [4.69, 9.17) is 0 Å². The maximum Gasteiger partial charge on any atom is 0.323 e. The first kappa shape index (κ1) is 8.44. The van der Waals surface area contributed by atoms with E-state index >= 15 is 0 Å². The van der Waals surface area contributed by atoms with E-state index in [1.165, 1.54) is 4.68 Å². The molecular formula is C5H6IN3O2. The van der Waals surface area contributed by atoms with E-state index in [2.05, 4.69) is 5.10 Å². The van der Waals surface area contributed by atoms with Crippen LogP contribution in [0.5, 0.6) is 0 Å². The topological polar surface area (TPSA) is 61.0 Å². The normalized spacial score (nSPS) is 10.1. The zero-order valence-corrected chi connectivity index (χ0v) is 8.19. The molecule has 6 heteroatoms. The third-order valence-electron chi connectivity index (χ3n) is 1.44. The Kier molecular flexibility index (Phi) is 2.12. The minimum atomic E-state index is -0.413. The maximum atomic E-state index is 10.4. The molecule has 0 aliphatic heterocycles. The van der Waals surface area contributed by atoms with Crippen molar-refractivity contribution in [1.82, 2.24) is 9.78 Å². The molecular weight excluding hydrogens is 261 g/mol. The molecule has 0 N–H and O–H groups in total. The van der Waals surface area contributed by atoms with E-state index in [9.17, 15) is 10.1 Å². The molecule has 0 amide bonds. The van der Waals surface area contributed by atoms with Gasteiger partial charge in [-0.15, -0.1) is 0 Å². The number of hydrogen-bond acceptors (Lipinski definition) is 3. The van der Waals surface area contributed by atoms with Gasteiger partial charge in [0.2, 0.25) is 3.70 Å². The summed E-state index contributed by atoms with van der Waals surface area (Å²) in [5.74, 6) is 0. The van der Waals surface area contributed by atoms with Gasteiger partial charge in [-0.1, -0.05) is 0 Å². The van der Waals surface area contributed by atoms with Crippen LogP contribution in [-0.2, 0) is 7.05 Å². The number of aromatic nitrogens is 2. The first-order valence-corrected chi connectivity index (χ1v) is 3.95. The van der Waals surface area contributed by atoms with Gasteiger partial charge in [-0.2, -0.15) is 5.10 Å². The summed E-state index contributed by atoms with van der Waals surface area (Å²) in [6, 6.07) is 0. The molecule has 0 saturated heterocycles. The molecule has 0 bridgehead atoms. The van der Waals surface area contributed by atoms with Crippen LogP contribution in [0.4, 0.5) is 5.69 Å². The predicted molar refractivity (Wildman–Crippen MR) is 47.3 cm³/mol. The van der Waals surface area contributed by atoms with Gasteiger partial charge in [0.05, 0.1) is 4.92 Å². The molecule has 0 aromatic carbocycles. The van der Waals surface area contributed by atoms with Crippen molar-refractivity contribution < 1.29 is 4.92 Å². The lowest BCUT2D eigenvalue weighted by Crippen LogP contribution is -1.94. The van der Waals surface area contributed by atoms with Crippen molar-refractivity contribution in [3.8, 4) is 0 Å². The average Bonchev–Trinajstić information content (AvgIpc) is 2.07. The quantitative estimate of drug-likeness (QED) is 0.437. The second-order valence-corrected chi connectivity index (χ2v) is 3.13. The third-order valence-corrected chi connectivity index (χ3v) is 2.17.